The molecule has 3 aromatic heterocycles. The molecule has 8 nitrogen and oxygen atoms in total. The first-order valence-corrected chi connectivity index (χ1v) is 11.9. The average molecular weight is 471 g/mol. The fourth-order valence-electron chi connectivity index (χ4n) is 4.57. The molecule has 8 heteroatoms. The van der Waals surface area contributed by atoms with Gasteiger partial charge in [-0.2, -0.15) is 4.98 Å². The third-order valence-corrected chi connectivity index (χ3v) is 6.69. The Balaban J connectivity index is 1.51. The van der Waals surface area contributed by atoms with Crippen LogP contribution in [0.4, 0.5) is 5.95 Å². The number of aromatic amines is 1. The highest BCUT2D eigenvalue weighted by Crippen LogP contribution is 2.21. The van der Waals surface area contributed by atoms with E-state index in [0.29, 0.717) is 36.1 Å². The Morgan fingerprint density at radius 2 is 1.74 bits per heavy atom. The number of fused-ring (bicyclic) bond motifs is 2. The second-order valence-electron chi connectivity index (χ2n) is 9.33. The molecule has 2 aromatic carbocycles. The molecule has 0 saturated heterocycles. The first kappa shape index (κ1) is 22.7. The molecule has 0 aliphatic carbocycles. The summed E-state index contributed by atoms with van der Waals surface area (Å²) < 4.78 is 4.45. The van der Waals surface area contributed by atoms with E-state index in [1.807, 2.05) is 22.9 Å². The minimum absolute atomic E-state index is 0.348. The van der Waals surface area contributed by atoms with Gasteiger partial charge in [-0.1, -0.05) is 56.3 Å². The van der Waals surface area contributed by atoms with Gasteiger partial charge in [-0.05, 0) is 35.1 Å². The number of hydrogen-bond acceptors (Lipinski definition) is 4. The second-order valence-corrected chi connectivity index (χ2v) is 9.33. The van der Waals surface area contributed by atoms with Gasteiger partial charge in [0.15, 0.2) is 11.2 Å². The van der Waals surface area contributed by atoms with Gasteiger partial charge in [0.25, 0.3) is 5.56 Å². The zero-order chi connectivity index (χ0) is 24.7. The van der Waals surface area contributed by atoms with E-state index in [0.717, 1.165) is 22.1 Å². The SMILES string of the molecule is CC(C)c1ccc(Cn2c(NCCc3c[nH]c4ccccc34)nc3c2c(=O)n(C)c(=O)n3C)cc1. The third kappa shape index (κ3) is 4.05. The molecular weight excluding hydrogens is 440 g/mol. The monoisotopic (exact) mass is 470 g/mol. The number of nitrogens with zero attached hydrogens (tertiary/aromatic N) is 4. The molecule has 0 bridgehead atoms. The molecule has 2 N–H and O–H groups in total. The summed E-state index contributed by atoms with van der Waals surface area (Å²) in [5.41, 5.74) is 4.70. The number of para-hydroxylation sites is 1. The van der Waals surface area contributed by atoms with Gasteiger partial charge < -0.3 is 10.3 Å². The molecule has 0 aliphatic heterocycles. The number of nitrogens with one attached hydrogen (secondary N) is 2. The fourth-order valence-corrected chi connectivity index (χ4v) is 4.57. The number of hydrogen-bond donors (Lipinski definition) is 2. The molecular formula is C27H30N6O2. The van der Waals surface area contributed by atoms with E-state index in [-0.39, 0.29) is 5.56 Å². The van der Waals surface area contributed by atoms with E-state index < -0.39 is 5.69 Å². The van der Waals surface area contributed by atoms with E-state index in [4.69, 9.17) is 4.98 Å². The van der Waals surface area contributed by atoms with Crippen molar-refractivity contribution in [3.05, 3.63) is 92.3 Å². The van der Waals surface area contributed by atoms with E-state index in [2.05, 4.69) is 60.5 Å². The van der Waals surface area contributed by atoms with Gasteiger partial charge in [0.05, 0.1) is 6.54 Å². The van der Waals surface area contributed by atoms with E-state index in [9.17, 15) is 9.59 Å². The number of H-pyrrole nitrogens is 1. The van der Waals surface area contributed by atoms with Crippen LogP contribution in [0.1, 0.15) is 36.5 Å². The quantitative estimate of drug-likeness (QED) is 0.379. The topological polar surface area (TPSA) is 89.6 Å². The Morgan fingerprint density at radius 1 is 1.00 bits per heavy atom. The Hall–Kier alpha value is -4.07. The largest absolute Gasteiger partial charge is 0.361 e. The normalized spacial score (nSPS) is 11.7. The van der Waals surface area contributed by atoms with Crippen molar-refractivity contribution in [1.82, 2.24) is 23.7 Å². The number of aryl methyl sites for hydroxylation is 1. The van der Waals surface area contributed by atoms with Crippen LogP contribution >= 0.6 is 0 Å². The van der Waals surface area contributed by atoms with Crippen LogP contribution < -0.4 is 16.6 Å². The van der Waals surface area contributed by atoms with Crippen molar-refractivity contribution in [2.24, 2.45) is 14.1 Å². The van der Waals surface area contributed by atoms with Crippen LogP contribution in [0, 0.1) is 0 Å². The van der Waals surface area contributed by atoms with Crippen molar-refractivity contribution in [3.8, 4) is 0 Å². The van der Waals surface area contributed by atoms with Crippen LogP contribution in [0.5, 0.6) is 0 Å². The van der Waals surface area contributed by atoms with Gasteiger partial charge in [-0.3, -0.25) is 18.5 Å². The number of rotatable bonds is 7. The number of aromatic nitrogens is 5. The fraction of sp³-hybridized carbons (Fsp3) is 0.296. The molecule has 3 heterocycles. The summed E-state index contributed by atoms with van der Waals surface area (Å²) >= 11 is 0. The molecule has 5 rings (SSSR count). The Kier molecular flexibility index (Phi) is 5.80. The molecule has 0 spiro atoms. The van der Waals surface area contributed by atoms with Gasteiger partial charge in [-0.25, -0.2) is 4.79 Å². The van der Waals surface area contributed by atoms with Crippen LogP contribution in [-0.4, -0.2) is 30.2 Å². The maximum absolute atomic E-state index is 13.1. The molecule has 35 heavy (non-hydrogen) atoms. The highest BCUT2D eigenvalue weighted by Gasteiger charge is 2.19. The molecule has 180 valence electrons. The molecule has 5 aromatic rings. The van der Waals surface area contributed by atoms with Crippen molar-refractivity contribution < 1.29 is 0 Å². The smallest absolute Gasteiger partial charge is 0.332 e. The summed E-state index contributed by atoms with van der Waals surface area (Å²) in [6.07, 6.45) is 2.82. The zero-order valence-electron chi connectivity index (χ0n) is 20.5. The minimum Gasteiger partial charge on any atom is -0.361 e. The van der Waals surface area contributed by atoms with Crippen LogP contribution in [0.3, 0.4) is 0 Å². The summed E-state index contributed by atoms with van der Waals surface area (Å²) in [7, 11) is 3.15. The molecule has 0 radical (unpaired) electrons. The standard InChI is InChI=1S/C27H30N6O2/c1-17(2)19-11-9-18(10-12-19)16-33-23-24(31(3)27(35)32(4)25(23)34)30-26(33)28-14-13-20-15-29-22-8-6-5-7-21(20)22/h5-12,15,17,29H,13-14,16H2,1-4H3,(H,28,30). The van der Waals surface area contributed by atoms with Gasteiger partial charge in [-0.15, -0.1) is 0 Å². The van der Waals surface area contributed by atoms with Crippen LogP contribution in [-0.2, 0) is 27.1 Å². The van der Waals surface area contributed by atoms with Crippen LogP contribution in [0.15, 0.2) is 64.3 Å². The highest BCUT2D eigenvalue weighted by atomic mass is 16.2. The summed E-state index contributed by atoms with van der Waals surface area (Å²) in [5.74, 6) is 1.02. The molecule has 0 fully saturated rings. The number of anilines is 1. The van der Waals surface area contributed by atoms with Crippen molar-refractivity contribution in [3.63, 3.8) is 0 Å². The lowest BCUT2D eigenvalue weighted by molar-refractivity contribution is 0.702. The Labute approximate surface area is 202 Å². The second kappa shape index (κ2) is 8.94. The zero-order valence-corrected chi connectivity index (χ0v) is 20.5. The van der Waals surface area contributed by atoms with Gasteiger partial charge in [0.2, 0.25) is 5.95 Å². The molecule has 0 atom stereocenters. The summed E-state index contributed by atoms with van der Waals surface area (Å²) in [4.78, 5) is 33.7. The van der Waals surface area contributed by atoms with Crippen molar-refractivity contribution >= 4 is 28.0 Å². The predicted octanol–water partition coefficient (Wildman–Crippen LogP) is 3.74. The molecule has 0 aliphatic rings. The Bertz CT molecular complexity index is 1630. The summed E-state index contributed by atoms with van der Waals surface area (Å²) in [6, 6.07) is 16.6. The lowest BCUT2D eigenvalue weighted by Crippen LogP contribution is -2.37. The van der Waals surface area contributed by atoms with Crippen molar-refractivity contribution in [1.29, 1.82) is 0 Å². The van der Waals surface area contributed by atoms with E-state index in [1.165, 1.54) is 28.1 Å². The maximum Gasteiger partial charge on any atom is 0.332 e. The van der Waals surface area contributed by atoms with Crippen LogP contribution in [0.25, 0.3) is 22.1 Å². The van der Waals surface area contributed by atoms with Gasteiger partial charge in [0.1, 0.15) is 0 Å². The van der Waals surface area contributed by atoms with Gasteiger partial charge >= 0.3 is 5.69 Å². The first-order chi connectivity index (χ1) is 16.8. The highest BCUT2D eigenvalue weighted by molar-refractivity contribution is 5.83. The Morgan fingerprint density at radius 3 is 2.49 bits per heavy atom. The first-order valence-electron chi connectivity index (χ1n) is 11.9. The third-order valence-electron chi connectivity index (χ3n) is 6.69. The molecule has 0 unspecified atom stereocenters. The lowest BCUT2D eigenvalue weighted by Gasteiger charge is -2.12. The lowest BCUT2D eigenvalue weighted by atomic mass is 10.0. The van der Waals surface area contributed by atoms with Crippen molar-refractivity contribution in [2.45, 2.75) is 32.7 Å². The van der Waals surface area contributed by atoms with Gasteiger partial charge in [0, 0.05) is 37.7 Å². The number of benzene rings is 2. The summed E-state index contributed by atoms with van der Waals surface area (Å²) in [5, 5.41) is 4.62. The van der Waals surface area contributed by atoms with Crippen LogP contribution in [0.2, 0.25) is 0 Å². The minimum atomic E-state index is -0.390. The predicted molar refractivity (Wildman–Crippen MR) is 140 cm³/mol. The van der Waals surface area contributed by atoms with Crippen molar-refractivity contribution in [2.75, 3.05) is 11.9 Å². The maximum atomic E-state index is 13.1. The van der Waals surface area contributed by atoms with E-state index in [1.54, 1.807) is 7.05 Å². The van der Waals surface area contributed by atoms with E-state index >= 15 is 0 Å². The molecule has 0 amide bonds. The number of imidazole rings is 1. The molecule has 0 saturated carbocycles. The summed E-state index contributed by atoms with van der Waals surface area (Å²) in [6.45, 7) is 5.43. The average Bonchev–Trinajstić information content (AvgIpc) is 3.44.